The normalized spacial score (nSPS) is 17.4. The zero-order valence-electron chi connectivity index (χ0n) is 18.6. The van der Waals surface area contributed by atoms with E-state index >= 15 is 0 Å². The Balaban J connectivity index is 1.88. The topological polar surface area (TPSA) is 136 Å². The van der Waals surface area contributed by atoms with Crippen LogP contribution in [0.3, 0.4) is 0 Å². The fourth-order valence-corrected chi connectivity index (χ4v) is 3.78. The Morgan fingerprint density at radius 3 is 2.47 bits per heavy atom. The Bertz CT molecular complexity index is 1310. The van der Waals surface area contributed by atoms with Crippen molar-refractivity contribution >= 4 is 29.0 Å². The number of rotatable bonds is 6. The molecule has 2 heterocycles. The number of hydrogen-bond donors (Lipinski definition) is 1. The van der Waals surface area contributed by atoms with Crippen LogP contribution in [-0.4, -0.2) is 33.0 Å². The van der Waals surface area contributed by atoms with Gasteiger partial charge in [0.15, 0.2) is 5.82 Å². The molecular weight excluding hydrogens is 442 g/mol. The van der Waals surface area contributed by atoms with Crippen molar-refractivity contribution < 1.29 is 28.9 Å². The molecule has 1 amide bonds. The fraction of sp³-hybridized carbons (Fsp3) is 0.208. The molecule has 0 saturated carbocycles. The summed E-state index contributed by atoms with van der Waals surface area (Å²) in [5.41, 5.74) is 0.0921. The van der Waals surface area contributed by atoms with Gasteiger partial charge in [-0.2, -0.15) is 0 Å². The molecule has 1 saturated heterocycles. The summed E-state index contributed by atoms with van der Waals surface area (Å²) in [7, 11) is 0. The van der Waals surface area contributed by atoms with E-state index in [4.69, 9.17) is 9.26 Å². The van der Waals surface area contributed by atoms with E-state index in [0.717, 1.165) is 4.90 Å². The molecule has 3 aromatic rings. The third kappa shape index (κ3) is 4.13. The second-order valence-corrected chi connectivity index (χ2v) is 8.01. The van der Waals surface area contributed by atoms with Crippen LogP contribution in [0, 0.1) is 17.0 Å². The van der Waals surface area contributed by atoms with Crippen LogP contribution in [0.2, 0.25) is 0 Å². The quantitative estimate of drug-likeness (QED) is 0.188. The molecule has 1 fully saturated rings. The zero-order chi connectivity index (χ0) is 24.6. The first-order chi connectivity index (χ1) is 16.2. The van der Waals surface area contributed by atoms with Gasteiger partial charge in [-0.15, -0.1) is 0 Å². The van der Waals surface area contributed by atoms with E-state index in [1.807, 2.05) is 13.8 Å². The third-order valence-corrected chi connectivity index (χ3v) is 5.20. The smallest absolute Gasteiger partial charge is 0.301 e. The lowest BCUT2D eigenvalue weighted by Crippen LogP contribution is -2.29. The molecule has 0 radical (unpaired) electrons. The van der Waals surface area contributed by atoms with Gasteiger partial charge in [0.2, 0.25) is 0 Å². The standard InChI is InChI=1S/C24H21N3O7/c1-13(2)33-18-9-7-15(8-10-18)22(28)20-21(16-5-4-6-17(12-16)27(31)32)26(24(30)23(20)29)19-11-14(3)34-25-19/h4-13,21,28H,1-3H3/t21-/m1/s1. The molecule has 0 bridgehead atoms. The first kappa shape index (κ1) is 22.7. The van der Waals surface area contributed by atoms with E-state index in [0.29, 0.717) is 11.5 Å². The summed E-state index contributed by atoms with van der Waals surface area (Å²) in [6, 6.07) is 12.2. The SMILES string of the molecule is Cc1cc(N2C(=O)C(=O)C(=C(O)c3ccc(OC(C)C)cc3)[C@H]2c2cccc([N+](=O)[O-])c2)no1. The van der Waals surface area contributed by atoms with E-state index in [1.54, 1.807) is 31.2 Å². The highest BCUT2D eigenvalue weighted by molar-refractivity contribution is 6.51. The van der Waals surface area contributed by atoms with Crippen LogP contribution >= 0.6 is 0 Å². The minimum absolute atomic E-state index is 0.0513. The largest absolute Gasteiger partial charge is 0.507 e. The van der Waals surface area contributed by atoms with E-state index in [-0.39, 0.29) is 34.3 Å². The molecule has 10 heteroatoms. The molecule has 1 aliphatic heterocycles. The number of aliphatic hydroxyl groups is 1. The predicted octanol–water partition coefficient (Wildman–Crippen LogP) is 4.30. The van der Waals surface area contributed by atoms with Gasteiger partial charge in [0, 0.05) is 23.8 Å². The molecule has 10 nitrogen and oxygen atoms in total. The Morgan fingerprint density at radius 1 is 1.18 bits per heavy atom. The van der Waals surface area contributed by atoms with Gasteiger partial charge in [-0.1, -0.05) is 17.3 Å². The van der Waals surface area contributed by atoms with Gasteiger partial charge in [-0.25, -0.2) is 0 Å². The minimum Gasteiger partial charge on any atom is -0.507 e. The fourth-order valence-electron chi connectivity index (χ4n) is 3.78. The van der Waals surface area contributed by atoms with Crippen molar-refractivity contribution in [2.45, 2.75) is 32.9 Å². The van der Waals surface area contributed by atoms with Gasteiger partial charge in [0.05, 0.1) is 22.6 Å². The molecule has 2 aromatic carbocycles. The third-order valence-electron chi connectivity index (χ3n) is 5.20. The highest BCUT2D eigenvalue weighted by Crippen LogP contribution is 2.42. The van der Waals surface area contributed by atoms with Crippen LogP contribution in [0.4, 0.5) is 11.5 Å². The minimum atomic E-state index is -1.16. The van der Waals surface area contributed by atoms with Crippen LogP contribution in [-0.2, 0) is 9.59 Å². The van der Waals surface area contributed by atoms with Crippen molar-refractivity contribution in [3.8, 4) is 5.75 Å². The number of nitro groups is 1. The average molecular weight is 463 g/mol. The maximum Gasteiger partial charge on any atom is 0.301 e. The number of nitro benzene ring substituents is 1. The number of nitrogens with zero attached hydrogens (tertiary/aromatic N) is 3. The van der Waals surface area contributed by atoms with E-state index < -0.39 is 28.4 Å². The molecule has 4 rings (SSSR count). The predicted molar refractivity (Wildman–Crippen MR) is 121 cm³/mol. The molecule has 0 spiro atoms. The van der Waals surface area contributed by atoms with Crippen molar-refractivity contribution in [3.05, 3.63) is 87.2 Å². The highest BCUT2D eigenvalue weighted by atomic mass is 16.6. The van der Waals surface area contributed by atoms with Gasteiger partial charge >= 0.3 is 5.91 Å². The van der Waals surface area contributed by atoms with Crippen LogP contribution in [0.25, 0.3) is 5.76 Å². The number of anilines is 1. The number of aryl methyl sites for hydroxylation is 1. The van der Waals surface area contributed by atoms with Gasteiger partial charge in [0.25, 0.3) is 11.5 Å². The summed E-state index contributed by atoms with van der Waals surface area (Å²) < 4.78 is 10.7. The Morgan fingerprint density at radius 2 is 1.88 bits per heavy atom. The molecule has 0 aliphatic carbocycles. The Hall–Kier alpha value is -4.47. The molecule has 1 atom stereocenters. The van der Waals surface area contributed by atoms with Gasteiger partial charge in [-0.05, 0) is 50.6 Å². The summed E-state index contributed by atoms with van der Waals surface area (Å²) >= 11 is 0. The summed E-state index contributed by atoms with van der Waals surface area (Å²) in [4.78, 5) is 38.0. The molecular formula is C24H21N3O7. The second kappa shape index (κ2) is 8.81. The monoisotopic (exact) mass is 463 g/mol. The average Bonchev–Trinajstić information content (AvgIpc) is 3.34. The van der Waals surface area contributed by atoms with Crippen molar-refractivity contribution in [1.82, 2.24) is 5.16 Å². The lowest BCUT2D eigenvalue weighted by atomic mass is 9.95. The number of ketones is 1. The Labute approximate surface area is 194 Å². The summed E-state index contributed by atoms with van der Waals surface area (Å²) in [6.07, 6.45) is -0.0513. The number of amides is 1. The molecule has 1 N–H and O–H groups in total. The van der Waals surface area contributed by atoms with Gasteiger partial charge in [0.1, 0.15) is 17.3 Å². The zero-order valence-corrected chi connectivity index (χ0v) is 18.6. The number of carbonyl (C=O) groups is 2. The van der Waals surface area contributed by atoms with E-state index in [2.05, 4.69) is 5.16 Å². The molecule has 174 valence electrons. The van der Waals surface area contributed by atoms with Crippen LogP contribution in [0.5, 0.6) is 5.75 Å². The van der Waals surface area contributed by atoms with Crippen molar-refractivity contribution in [2.24, 2.45) is 0 Å². The summed E-state index contributed by atoms with van der Waals surface area (Å²) in [6.45, 7) is 5.37. The number of aromatic nitrogens is 1. The molecule has 0 unspecified atom stereocenters. The number of carbonyl (C=O) groups excluding carboxylic acids is 2. The van der Waals surface area contributed by atoms with Gasteiger partial charge < -0.3 is 14.4 Å². The van der Waals surface area contributed by atoms with Crippen LogP contribution < -0.4 is 9.64 Å². The van der Waals surface area contributed by atoms with E-state index in [9.17, 15) is 24.8 Å². The highest BCUT2D eigenvalue weighted by Gasteiger charge is 2.48. The number of aliphatic hydroxyl groups excluding tert-OH is 1. The number of hydrogen-bond acceptors (Lipinski definition) is 8. The van der Waals surface area contributed by atoms with Gasteiger partial charge in [-0.3, -0.25) is 24.6 Å². The second-order valence-electron chi connectivity index (χ2n) is 8.01. The van der Waals surface area contributed by atoms with Crippen molar-refractivity contribution in [2.75, 3.05) is 4.90 Å². The Kier molecular flexibility index (Phi) is 5.89. The van der Waals surface area contributed by atoms with Crippen molar-refractivity contribution in [3.63, 3.8) is 0 Å². The number of ether oxygens (including phenoxy) is 1. The molecule has 34 heavy (non-hydrogen) atoms. The van der Waals surface area contributed by atoms with Crippen LogP contribution in [0.15, 0.2) is 64.7 Å². The maximum absolute atomic E-state index is 13.1. The van der Waals surface area contributed by atoms with Crippen molar-refractivity contribution in [1.29, 1.82) is 0 Å². The molecule has 1 aromatic heterocycles. The molecule has 1 aliphatic rings. The lowest BCUT2D eigenvalue weighted by Gasteiger charge is -2.22. The lowest BCUT2D eigenvalue weighted by molar-refractivity contribution is -0.384. The first-order valence-corrected chi connectivity index (χ1v) is 10.4. The van der Waals surface area contributed by atoms with E-state index in [1.165, 1.54) is 30.3 Å². The van der Waals surface area contributed by atoms with Crippen LogP contribution in [0.1, 0.15) is 36.8 Å². The summed E-state index contributed by atoms with van der Waals surface area (Å²) in [5, 5.41) is 26.3. The number of non-ortho nitro benzene ring substituents is 1. The number of benzene rings is 2. The first-order valence-electron chi connectivity index (χ1n) is 10.4. The maximum atomic E-state index is 13.1. The number of Topliss-reactive ketones (excluding diaryl/α,β-unsaturated/α-hetero) is 1. The summed E-state index contributed by atoms with van der Waals surface area (Å²) in [5.74, 6) is -1.29.